The van der Waals surface area contributed by atoms with Crippen LogP contribution in [0.15, 0.2) is 29.4 Å². The molecule has 1 aliphatic heterocycles. The summed E-state index contributed by atoms with van der Waals surface area (Å²) in [4.78, 5) is 16.9. The highest BCUT2D eigenvalue weighted by Crippen LogP contribution is 2.17. The molecule has 1 aromatic rings. The van der Waals surface area contributed by atoms with Gasteiger partial charge in [-0.05, 0) is 50.9 Å². The monoisotopic (exact) mass is 315 g/mol. The lowest BCUT2D eigenvalue weighted by atomic mass is 9.93. The van der Waals surface area contributed by atoms with Gasteiger partial charge in [-0.2, -0.15) is 0 Å². The summed E-state index contributed by atoms with van der Waals surface area (Å²) in [5.74, 6) is 1.14. The Morgan fingerprint density at radius 1 is 1.55 bits per heavy atom. The summed E-state index contributed by atoms with van der Waals surface area (Å²) in [5, 5.41) is 6.49. The molecule has 1 fully saturated rings. The van der Waals surface area contributed by atoms with Crippen molar-refractivity contribution in [2.24, 2.45) is 5.92 Å². The van der Waals surface area contributed by atoms with Crippen LogP contribution in [-0.2, 0) is 4.79 Å². The molecule has 0 aliphatic carbocycles. The minimum Gasteiger partial charge on any atom is -0.353 e. The summed E-state index contributed by atoms with van der Waals surface area (Å²) in [7, 11) is 0. The average molecular weight is 316 g/mol. The van der Waals surface area contributed by atoms with Crippen molar-refractivity contribution in [1.29, 1.82) is 0 Å². The van der Waals surface area contributed by atoms with Gasteiger partial charge < -0.3 is 10.6 Å². The first kappa shape index (κ1) is 17.3. The fourth-order valence-electron chi connectivity index (χ4n) is 2.30. The van der Waals surface area contributed by atoms with E-state index in [2.05, 4.69) is 22.5 Å². The van der Waals surface area contributed by atoms with Crippen LogP contribution in [0.25, 0.3) is 0 Å². The highest BCUT2D eigenvalue weighted by Gasteiger charge is 2.21. The van der Waals surface area contributed by atoms with Crippen LogP contribution in [0.3, 0.4) is 0 Å². The summed E-state index contributed by atoms with van der Waals surface area (Å²) in [6, 6.07) is 4.09. The lowest BCUT2D eigenvalue weighted by molar-refractivity contribution is -0.119. The molecular formula is C14H22ClN3OS. The first-order valence-electron chi connectivity index (χ1n) is 6.78. The number of rotatable bonds is 5. The number of amides is 1. The van der Waals surface area contributed by atoms with Gasteiger partial charge in [-0.15, -0.1) is 24.2 Å². The third-order valence-corrected chi connectivity index (χ3v) is 4.46. The minimum atomic E-state index is 0. The van der Waals surface area contributed by atoms with Gasteiger partial charge in [0.25, 0.3) is 0 Å². The smallest absolute Gasteiger partial charge is 0.230 e. The number of pyridine rings is 1. The normalized spacial score (nSPS) is 19.8. The Morgan fingerprint density at radius 2 is 2.30 bits per heavy atom. The SMILES string of the molecule is CC(NC(=O)CSc1ccncc1)C1CCCNC1.Cl. The van der Waals surface area contributed by atoms with E-state index in [9.17, 15) is 4.79 Å². The molecule has 2 N–H and O–H groups in total. The van der Waals surface area contributed by atoms with E-state index in [1.807, 2.05) is 12.1 Å². The summed E-state index contributed by atoms with van der Waals surface area (Å²) >= 11 is 1.55. The summed E-state index contributed by atoms with van der Waals surface area (Å²) in [6.07, 6.45) is 5.90. The van der Waals surface area contributed by atoms with E-state index in [1.165, 1.54) is 12.8 Å². The Morgan fingerprint density at radius 3 is 2.95 bits per heavy atom. The van der Waals surface area contributed by atoms with Crippen molar-refractivity contribution in [3.05, 3.63) is 24.5 Å². The van der Waals surface area contributed by atoms with Gasteiger partial charge in [0.1, 0.15) is 0 Å². The zero-order chi connectivity index (χ0) is 13.5. The van der Waals surface area contributed by atoms with Crippen molar-refractivity contribution >= 4 is 30.1 Å². The number of nitrogens with zero attached hydrogens (tertiary/aromatic N) is 1. The number of hydrogen-bond acceptors (Lipinski definition) is 4. The van der Waals surface area contributed by atoms with Gasteiger partial charge in [-0.3, -0.25) is 9.78 Å². The number of aromatic nitrogens is 1. The quantitative estimate of drug-likeness (QED) is 0.817. The standard InChI is InChI=1S/C14H21N3OS.ClH/c1-11(12-3-2-6-16-9-12)17-14(18)10-19-13-4-7-15-8-5-13;/h4-5,7-8,11-12,16H,2-3,6,9-10H2,1H3,(H,17,18);1H. The van der Waals surface area contributed by atoms with Crippen LogP contribution in [0.1, 0.15) is 19.8 Å². The molecule has 20 heavy (non-hydrogen) atoms. The minimum absolute atomic E-state index is 0. The van der Waals surface area contributed by atoms with E-state index < -0.39 is 0 Å². The number of carbonyl (C=O) groups excluding carboxylic acids is 1. The van der Waals surface area contributed by atoms with Crippen molar-refractivity contribution in [2.75, 3.05) is 18.8 Å². The highest BCUT2D eigenvalue weighted by molar-refractivity contribution is 8.00. The molecule has 0 bridgehead atoms. The van der Waals surface area contributed by atoms with Crippen molar-refractivity contribution in [3.8, 4) is 0 Å². The molecule has 0 saturated carbocycles. The van der Waals surface area contributed by atoms with E-state index in [-0.39, 0.29) is 24.4 Å². The topological polar surface area (TPSA) is 54.0 Å². The molecule has 0 radical (unpaired) electrons. The number of halogens is 1. The number of carbonyl (C=O) groups is 1. The molecule has 1 amide bonds. The van der Waals surface area contributed by atoms with Crippen LogP contribution in [-0.4, -0.2) is 35.8 Å². The molecule has 4 nitrogen and oxygen atoms in total. The van der Waals surface area contributed by atoms with Gasteiger partial charge >= 0.3 is 0 Å². The second-order valence-electron chi connectivity index (χ2n) is 4.93. The lowest BCUT2D eigenvalue weighted by Crippen LogP contribution is -2.45. The molecule has 1 aliphatic rings. The molecule has 112 valence electrons. The van der Waals surface area contributed by atoms with Crippen molar-refractivity contribution in [3.63, 3.8) is 0 Å². The largest absolute Gasteiger partial charge is 0.353 e. The zero-order valence-corrected chi connectivity index (χ0v) is 13.3. The lowest BCUT2D eigenvalue weighted by Gasteiger charge is -2.28. The predicted molar refractivity (Wildman–Crippen MR) is 85.4 cm³/mol. The molecule has 2 heterocycles. The number of nitrogens with one attached hydrogen (secondary N) is 2. The first-order chi connectivity index (χ1) is 9.25. The van der Waals surface area contributed by atoms with Crippen molar-refractivity contribution < 1.29 is 4.79 Å². The Kier molecular flexibility index (Phi) is 7.95. The van der Waals surface area contributed by atoms with Gasteiger partial charge in [0, 0.05) is 23.3 Å². The summed E-state index contributed by atoms with van der Waals surface area (Å²) in [6.45, 7) is 4.22. The maximum absolute atomic E-state index is 11.9. The van der Waals surface area contributed by atoms with Crippen molar-refractivity contribution in [1.82, 2.24) is 15.6 Å². The van der Waals surface area contributed by atoms with Gasteiger partial charge in [0.15, 0.2) is 0 Å². The third kappa shape index (κ3) is 5.69. The predicted octanol–water partition coefficient (Wildman–Crippen LogP) is 2.10. The van der Waals surface area contributed by atoms with Crippen molar-refractivity contribution in [2.45, 2.75) is 30.7 Å². The van der Waals surface area contributed by atoms with Gasteiger partial charge in [-0.25, -0.2) is 0 Å². The maximum Gasteiger partial charge on any atom is 0.230 e. The molecule has 2 unspecified atom stereocenters. The Bertz CT molecular complexity index is 399. The fraction of sp³-hybridized carbons (Fsp3) is 0.571. The Balaban J connectivity index is 0.00000200. The van der Waals surface area contributed by atoms with Crippen LogP contribution in [0.4, 0.5) is 0 Å². The number of hydrogen-bond donors (Lipinski definition) is 2. The fourth-order valence-corrected chi connectivity index (χ4v) is 3.00. The van der Waals surface area contributed by atoms with Gasteiger partial charge in [0.2, 0.25) is 5.91 Å². The van der Waals surface area contributed by atoms with Crippen LogP contribution >= 0.6 is 24.2 Å². The molecule has 1 aromatic heterocycles. The number of thioether (sulfide) groups is 1. The van der Waals surface area contributed by atoms with Crippen LogP contribution in [0.2, 0.25) is 0 Å². The van der Waals surface area contributed by atoms with Gasteiger partial charge in [-0.1, -0.05) is 0 Å². The van der Waals surface area contributed by atoms with E-state index in [0.717, 1.165) is 18.0 Å². The average Bonchev–Trinajstić information content (AvgIpc) is 2.47. The molecule has 2 rings (SSSR count). The highest BCUT2D eigenvalue weighted by atomic mass is 35.5. The maximum atomic E-state index is 11.9. The zero-order valence-electron chi connectivity index (χ0n) is 11.7. The number of piperidine rings is 1. The summed E-state index contributed by atoms with van der Waals surface area (Å²) in [5.41, 5.74) is 0. The molecule has 0 aromatic carbocycles. The van der Waals surface area contributed by atoms with E-state index >= 15 is 0 Å². The molecular weight excluding hydrogens is 294 g/mol. The molecule has 6 heteroatoms. The van der Waals surface area contributed by atoms with E-state index in [1.54, 1.807) is 24.2 Å². The second-order valence-corrected chi connectivity index (χ2v) is 5.98. The molecule has 2 atom stereocenters. The Hall–Kier alpha value is -0.780. The Labute approximate surface area is 130 Å². The third-order valence-electron chi connectivity index (χ3n) is 3.45. The first-order valence-corrected chi connectivity index (χ1v) is 7.77. The van der Waals surface area contributed by atoms with E-state index in [4.69, 9.17) is 0 Å². The molecule has 1 saturated heterocycles. The van der Waals surface area contributed by atoms with Crippen LogP contribution < -0.4 is 10.6 Å². The summed E-state index contributed by atoms with van der Waals surface area (Å²) < 4.78 is 0. The second kappa shape index (κ2) is 9.21. The van der Waals surface area contributed by atoms with Crippen LogP contribution in [0, 0.1) is 5.92 Å². The van der Waals surface area contributed by atoms with E-state index in [0.29, 0.717) is 11.7 Å². The van der Waals surface area contributed by atoms with Gasteiger partial charge in [0.05, 0.1) is 5.75 Å². The van der Waals surface area contributed by atoms with Crippen LogP contribution in [0.5, 0.6) is 0 Å². The molecule has 0 spiro atoms.